The molecule has 0 N–H and O–H groups in total. The van der Waals surface area contributed by atoms with Crippen LogP contribution in [-0.4, -0.2) is 55.0 Å². The van der Waals surface area contributed by atoms with Crippen LogP contribution in [0.15, 0.2) is 18.7 Å². The molecule has 1 atom stereocenters. The molecule has 1 unspecified atom stereocenters. The molecule has 8 heteroatoms. The fourth-order valence-corrected chi connectivity index (χ4v) is 2.98. The van der Waals surface area contributed by atoms with Gasteiger partial charge in [-0.1, -0.05) is 0 Å². The maximum atomic E-state index is 11.9. The molecular formula is C15H22N6O2. The highest BCUT2D eigenvalue weighted by molar-refractivity contribution is 5.67. The van der Waals surface area contributed by atoms with Crippen LogP contribution in [0.5, 0.6) is 0 Å². The van der Waals surface area contributed by atoms with E-state index in [0.29, 0.717) is 19.7 Å². The molecule has 1 fully saturated rings. The molecule has 1 aliphatic rings. The zero-order chi connectivity index (χ0) is 16.2. The molecule has 8 nitrogen and oxygen atoms in total. The molecule has 23 heavy (non-hydrogen) atoms. The van der Waals surface area contributed by atoms with Gasteiger partial charge < -0.3 is 18.8 Å². The third-order valence-electron chi connectivity index (χ3n) is 4.19. The summed E-state index contributed by atoms with van der Waals surface area (Å²) in [4.78, 5) is 17.7. The lowest BCUT2D eigenvalue weighted by Gasteiger charge is -2.31. The molecule has 1 aliphatic heterocycles. The Labute approximate surface area is 135 Å². The minimum Gasteiger partial charge on any atom is -0.450 e. The minimum absolute atomic E-state index is 0.196. The molecule has 2 aromatic heterocycles. The largest absolute Gasteiger partial charge is 0.450 e. The molecule has 124 valence electrons. The summed E-state index contributed by atoms with van der Waals surface area (Å²) in [6, 6.07) is 0. The molecule has 0 spiro atoms. The van der Waals surface area contributed by atoms with Crippen molar-refractivity contribution >= 4 is 6.09 Å². The quantitative estimate of drug-likeness (QED) is 0.851. The van der Waals surface area contributed by atoms with E-state index in [2.05, 4.69) is 15.2 Å². The second-order valence-corrected chi connectivity index (χ2v) is 5.75. The molecule has 3 rings (SSSR count). The van der Waals surface area contributed by atoms with E-state index in [4.69, 9.17) is 4.74 Å². The van der Waals surface area contributed by atoms with Crippen molar-refractivity contribution < 1.29 is 9.53 Å². The first kappa shape index (κ1) is 15.5. The highest BCUT2D eigenvalue weighted by Gasteiger charge is 2.28. The lowest BCUT2D eigenvalue weighted by molar-refractivity contribution is 0.0949. The standard InChI is InChI=1S/C15H22N6O2/c1-3-23-15(22)21-7-4-5-12(9-21)14-18-17-13(19(14)2)10-20-8-6-16-11-20/h6,8,11-12H,3-5,7,9-10H2,1-2H3. The lowest BCUT2D eigenvalue weighted by Crippen LogP contribution is -2.40. The van der Waals surface area contributed by atoms with Crippen LogP contribution in [0.4, 0.5) is 4.79 Å². The fourth-order valence-electron chi connectivity index (χ4n) is 2.98. The van der Waals surface area contributed by atoms with Crippen molar-refractivity contribution in [2.24, 2.45) is 7.05 Å². The van der Waals surface area contributed by atoms with Crippen LogP contribution in [0.2, 0.25) is 0 Å². The summed E-state index contributed by atoms with van der Waals surface area (Å²) < 4.78 is 9.09. The number of piperidine rings is 1. The van der Waals surface area contributed by atoms with Crippen LogP contribution in [0.3, 0.4) is 0 Å². The van der Waals surface area contributed by atoms with Crippen LogP contribution < -0.4 is 0 Å². The van der Waals surface area contributed by atoms with E-state index >= 15 is 0 Å². The summed E-state index contributed by atoms with van der Waals surface area (Å²) >= 11 is 0. The van der Waals surface area contributed by atoms with Gasteiger partial charge in [0.2, 0.25) is 0 Å². The number of hydrogen-bond acceptors (Lipinski definition) is 5. The van der Waals surface area contributed by atoms with Gasteiger partial charge in [-0.3, -0.25) is 0 Å². The van der Waals surface area contributed by atoms with Gasteiger partial charge in [-0.05, 0) is 19.8 Å². The van der Waals surface area contributed by atoms with Crippen LogP contribution >= 0.6 is 0 Å². The smallest absolute Gasteiger partial charge is 0.409 e. The van der Waals surface area contributed by atoms with Gasteiger partial charge in [0, 0.05) is 38.4 Å². The summed E-state index contributed by atoms with van der Waals surface area (Å²) in [6.07, 6.45) is 7.13. The number of ether oxygens (including phenoxy) is 1. The molecular weight excluding hydrogens is 296 g/mol. The van der Waals surface area contributed by atoms with Crippen molar-refractivity contribution in [1.29, 1.82) is 0 Å². The first-order valence-corrected chi connectivity index (χ1v) is 7.94. The van der Waals surface area contributed by atoms with Gasteiger partial charge in [0.05, 0.1) is 19.5 Å². The number of nitrogens with zero attached hydrogens (tertiary/aromatic N) is 6. The normalized spacial score (nSPS) is 18.2. The maximum absolute atomic E-state index is 11.9. The Morgan fingerprint density at radius 1 is 1.43 bits per heavy atom. The van der Waals surface area contributed by atoms with E-state index in [1.807, 2.05) is 29.3 Å². The molecule has 0 aromatic carbocycles. The molecule has 0 saturated carbocycles. The number of rotatable bonds is 4. The van der Waals surface area contributed by atoms with Gasteiger partial charge >= 0.3 is 6.09 Å². The summed E-state index contributed by atoms with van der Waals surface area (Å²) in [5.41, 5.74) is 0. The maximum Gasteiger partial charge on any atom is 0.409 e. The van der Waals surface area contributed by atoms with Crippen molar-refractivity contribution in [3.63, 3.8) is 0 Å². The zero-order valence-corrected chi connectivity index (χ0v) is 13.6. The van der Waals surface area contributed by atoms with E-state index in [1.165, 1.54) is 0 Å². The average Bonchev–Trinajstić information content (AvgIpc) is 3.19. The summed E-state index contributed by atoms with van der Waals surface area (Å²) in [7, 11) is 1.98. The predicted molar refractivity (Wildman–Crippen MR) is 82.9 cm³/mol. The lowest BCUT2D eigenvalue weighted by atomic mass is 9.97. The number of carbonyl (C=O) groups is 1. The minimum atomic E-state index is -0.238. The van der Waals surface area contributed by atoms with Gasteiger partial charge in [-0.2, -0.15) is 0 Å². The molecule has 1 amide bonds. The Morgan fingerprint density at radius 2 is 2.30 bits per heavy atom. The monoisotopic (exact) mass is 318 g/mol. The molecule has 0 bridgehead atoms. The Morgan fingerprint density at radius 3 is 3.04 bits per heavy atom. The second-order valence-electron chi connectivity index (χ2n) is 5.75. The van der Waals surface area contributed by atoms with E-state index in [-0.39, 0.29) is 12.0 Å². The van der Waals surface area contributed by atoms with E-state index in [1.54, 1.807) is 17.4 Å². The first-order valence-electron chi connectivity index (χ1n) is 7.94. The third-order valence-corrected chi connectivity index (χ3v) is 4.19. The van der Waals surface area contributed by atoms with Crippen LogP contribution in [0.1, 0.15) is 37.3 Å². The summed E-state index contributed by atoms with van der Waals surface area (Å²) in [5, 5.41) is 8.66. The first-order chi connectivity index (χ1) is 11.2. The number of aromatic nitrogens is 5. The third kappa shape index (κ3) is 3.35. The van der Waals surface area contributed by atoms with E-state index in [9.17, 15) is 4.79 Å². The molecule has 2 aromatic rings. The Balaban J connectivity index is 1.71. The molecule has 1 saturated heterocycles. The van der Waals surface area contributed by atoms with Crippen molar-refractivity contribution in [1.82, 2.24) is 29.2 Å². The van der Waals surface area contributed by atoms with Gasteiger partial charge in [-0.25, -0.2) is 9.78 Å². The van der Waals surface area contributed by atoms with Crippen molar-refractivity contribution in [3.05, 3.63) is 30.4 Å². The number of imidazole rings is 1. The van der Waals surface area contributed by atoms with Gasteiger partial charge in [0.15, 0.2) is 5.82 Å². The van der Waals surface area contributed by atoms with Crippen LogP contribution in [-0.2, 0) is 18.3 Å². The van der Waals surface area contributed by atoms with Crippen molar-refractivity contribution in [3.8, 4) is 0 Å². The van der Waals surface area contributed by atoms with Crippen LogP contribution in [0.25, 0.3) is 0 Å². The van der Waals surface area contributed by atoms with Crippen molar-refractivity contribution in [2.45, 2.75) is 32.2 Å². The van der Waals surface area contributed by atoms with E-state index in [0.717, 1.165) is 31.0 Å². The van der Waals surface area contributed by atoms with Gasteiger partial charge in [0.1, 0.15) is 5.82 Å². The van der Waals surface area contributed by atoms with Gasteiger partial charge in [-0.15, -0.1) is 10.2 Å². The van der Waals surface area contributed by atoms with Crippen molar-refractivity contribution in [2.75, 3.05) is 19.7 Å². The number of amides is 1. The number of carbonyl (C=O) groups excluding carboxylic acids is 1. The number of hydrogen-bond donors (Lipinski definition) is 0. The molecule has 0 aliphatic carbocycles. The topological polar surface area (TPSA) is 78.1 Å². The Bertz CT molecular complexity index is 651. The summed E-state index contributed by atoms with van der Waals surface area (Å²) in [5.74, 6) is 2.00. The highest BCUT2D eigenvalue weighted by atomic mass is 16.6. The fraction of sp³-hybridized carbons (Fsp3) is 0.600. The predicted octanol–water partition coefficient (Wildman–Crippen LogP) is 1.40. The number of likely N-dealkylation sites (tertiary alicyclic amines) is 1. The molecule has 0 radical (unpaired) electrons. The SMILES string of the molecule is CCOC(=O)N1CCCC(c2nnc(Cn3ccnc3)n2C)C1. The average molecular weight is 318 g/mol. The highest BCUT2D eigenvalue weighted by Crippen LogP contribution is 2.26. The zero-order valence-electron chi connectivity index (χ0n) is 13.6. The summed E-state index contributed by atoms with van der Waals surface area (Å²) in [6.45, 7) is 4.24. The Hall–Kier alpha value is -2.38. The Kier molecular flexibility index (Phi) is 4.59. The van der Waals surface area contributed by atoms with E-state index < -0.39 is 0 Å². The van der Waals surface area contributed by atoms with Crippen LogP contribution in [0, 0.1) is 0 Å². The van der Waals surface area contributed by atoms with Gasteiger partial charge in [0.25, 0.3) is 0 Å². The molecule has 3 heterocycles. The second kappa shape index (κ2) is 6.80.